The number of hydrogen-bond acceptors (Lipinski definition) is 8. The van der Waals surface area contributed by atoms with E-state index in [2.05, 4.69) is 20.5 Å². The predicted octanol–water partition coefficient (Wildman–Crippen LogP) is 4.74. The molecule has 0 amide bonds. The van der Waals surface area contributed by atoms with Gasteiger partial charge in [0.25, 0.3) is 0 Å². The molecule has 0 unspecified atom stereocenters. The number of morpholine rings is 1. The summed E-state index contributed by atoms with van der Waals surface area (Å²) in [5, 5.41) is 6.93. The van der Waals surface area contributed by atoms with Gasteiger partial charge in [-0.1, -0.05) is 31.4 Å². The number of benzene rings is 2. The van der Waals surface area contributed by atoms with Crippen LogP contribution >= 0.6 is 0 Å². The number of hydrogen-bond donors (Lipinski definition) is 3. The van der Waals surface area contributed by atoms with Crippen LogP contribution < -0.4 is 15.5 Å². The Bertz CT molecular complexity index is 1240. The highest BCUT2D eigenvalue weighted by atomic mass is 16.5. The number of imidazole rings is 1. The molecule has 4 aromatic rings. The Balaban J connectivity index is 1.23. The number of aromatic nitrogens is 5. The minimum Gasteiger partial charge on any atom is -0.378 e. The molecule has 1 aliphatic heterocycles. The Hall–Kier alpha value is -3.72. The summed E-state index contributed by atoms with van der Waals surface area (Å²) in [4.78, 5) is 24.4. The smallest absolute Gasteiger partial charge is 0.233 e. The molecule has 2 aliphatic rings. The fourth-order valence-corrected chi connectivity index (χ4v) is 4.75. The summed E-state index contributed by atoms with van der Waals surface area (Å²) in [6.07, 6.45) is 6.13. The molecule has 2 aromatic heterocycles. The number of para-hydroxylation sites is 2. The Morgan fingerprint density at radius 2 is 1.60 bits per heavy atom. The molecule has 180 valence electrons. The molecule has 1 saturated heterocycles. The summed E-state index contributed by atoms with van der Waals surface area (Å²) in [5.41, 5.74) is 3.93. The van der Waals surface area contributed by atoms with Crippen LogP contribution in [0.2, 0.25) is 0 Å². The third-order valence-electron chi connectivity index (χ3n) is 6.66. The van der Waals surface area contributed by atoms with E-state index in [1.165, 1.54) is 19.3 Å². The van der Waals surface area contributed by atoms with Crippen molar-refractivity contribution in [2.24, 2.45) is 0 Å². The monoisotopic (exact) mass is 470 g/mol. The molecule has 2 aromatic carbocycles. The lowest BCUT2D eigenvalue weighted by Crippen LogP contribution is -2.37. The quantitative estimate of drug-likeness (QED) is 0.371. The largest absolute Gasteiger partial charge is 0.378 e. The van der Waals surface area contributed by atoms with Crippen LogP contribution in [0.1, 0.15) is 32.1 Å². The number of nitrogens with zero attached hydrogens (tertiary/aromatic N) is 5. The van der Waals surface area contributed by atoms with Crippen molar-refractivity contribution in [1.29, 1.82) is 0 Å². The number of aromatic amines is 1. The predicted molar refractivity (Wildman–Crippen MR) is 138 cm³/mol. The maximum absolute atomic E-state index is 5.51. The molecule has 0 bridgehead atoms. The number of fused-ring (bicyclic) bond motifs is 1. The van der Waals surface area contributed by atoms with Gasteiger partial charge in [0, 0.05) is 30.4 Å². The summed E-state index contributed by atoms with van der Waals surface area (Å²) in [7, 11) is 0. The van der Waals surface area contributed by atoms with Crippen molar-refractivity contribution in [2.45, 2.75) is 38.1 Å². The van der Waals surface area contributed by atoms with E-state index in [0.29, 0.717) is 37.1 Å². The van der Waals surface area contributed by atoms with Gasteiger partial charge in [0.15, 0.2) is 0 Å². The van der Waals surface area contributed by atoms with Crippen LogP contribution in [0.3, 0.4) is 0 Å². The molecule has 2 fully saturated rings. The zero-order chi connectivity index (χ0) is 23.5. The zero-order valence-electron chi connectivity index (χ0n) is 19.7. The average molecular weight is 471 g/mol. The van der Waals surface area contributed by atoms with E-state index in [1.807, 2.05) is 48.5 Å². The van der Waals surface area contributed by atoms with E-state index in [4.69, 9.17) is 24.7 Å². The molecule has 1 aliphatic carbocycles. The van der Waals surface area contributed by atoms with Crippen LogP contribution in [0.15, 0.2) is 48.5 Å². The van der Waals surface area contributed by atoms with Crippen molar-refractivity contribution in [3.05, 3.63) is 48.5 Å². The van der Waals surface area contributed by atoms with E-state index >= 15 is 0 Å². The minimum atomic E-state index is 0.416. The van der Waals surface area contributed by atoms with E-state index < -0.39 is 0 Å². The second kappa shape index (κ2) is 9.87. The average Bonchev–Trinajstić information content (AvgIpc) is 3.35. The lowest BCUT2D eigenvalue weighted by molar-refractivity contribution is 0.122. The number of anilines is 4. The van der Waals surface area contributed by atoms with E-state index in [-0.39, 0.29) is 0 Å². The first-order chi connectivity index (χ1) is 17.3. The summed E-state index contributed by atoms with van der Waals surface area (Å²) in [6, 6.07) is 16.6. The van der Waals surface area contributed by atoms with Gasteiger partial charge in [-0.2, -0.15) is 15.0 Å². The maximum atomic E-state index is 5.51. The van der Waals surface area contributed by atoms with Crippen molar-refractivity contribution in [3.63, 3.8) is 0 Å². The fourth-order valence-electron chi connectivity index (χ4n) is 4.75. The van der Waals surface area contributed by atoms with E-state index in [1.54, 1.807) is 0 Å². The molecular weight excluding hydrogens is 440 g/mol. The topological polar surface area (TPSA) is 104 Å². The summed E-state index contributed by atoms with van der Waals surface area (Å²) in [5.74, 6) is 2.71. The van der Waals surface area contributed by atoms with Crippen LogP contribution in [-0.4, -0.2) is 57.3 Å². The van der Waals surface area contributed by atoms with Crippen LogP contribution in [0.4, 0.5) is 23.5 Å². The Kier molecular flexibility index (Phi) is 6.15. The first-order valence-corrected chi connectivity index (χ1v) is 12.5. The second-order valence-electron chi connectivity index (χ2n) is 9.17. The third-order valence-corrected chi connectivity index (χ3v) is 6.66. The van der Waals surface area contributed by atoms with Gasteiger partial charge in [-0.05, 0) is 49.2 Å². The van der Waals surface area contributed by atoms with Crippen LogP contribution in [0, 0.1) is 0 Å². The standard InChI is InChI=1S/C26H30N8O/c1-2-6-19(7-3-1)27-24-31-25(33-26(32-24)34-14-16-35-17-15-34)28-20-12-10-18(11-13-20)23-29-21-8-4-5-9-22(21)30-23/h4-5,8-13,19H,1-3,6-7,14-17H2,(H,29,30)(H2,27,28,31,32,33). The maximum Gasteiger partial charge on any atom is 0.233 e. The molecule has 6 rings (SSSR count). The minimum absolute atomic E-state index is 0.416. The van der Waals surface area contributed by atoms with Crippen LogP contribution in [0.25, 0.3) is 22.4 Å². The molecule has 3 heterocycles. The van der Waals surface area contributed by atoms with Gasteiger partial charge in [-0.15, -0.1) is 0 Å². The highest BCUT2D eigenvalue weighted by Gasteiger charge is 2.19. The van der Waals surface area contributed by atoms with E-state index in [9.17, 15) is 0 Å². The Morgan fingerprint density at radius 1 is 0.829 bits per heavy atom. The van der Waals surface area contributed by atoms with Crippen molar-refractivity contribution >= 4 is 34.6 Å². The van der Waals surface area contributed by atoms with E-state index in [0.717, 1.165) is 54.0 Å². The molecule has 9 nitrogen and oxygen atoms in total. The van der Waals surface area contributed by atoms with Crippen molar-refractivity contribution < 1.29 is 4.74 Å². The SMILES string of the molecule is c1ccc2[nH]c(-c3ccc(Nc4nc(NC5CCCCC5)nc(N5CCOCC5)n4)cc3)nc2c1. The highest BCUT2D eigenvalue weighted by molar-refractivity contribution is 5.79. The first-order valence-electron chi connectivity index (χ1n) is 12.5. The van der Waals surface area contributed by atoms with Crippen molar-refractivity contribution in [2.75, 3.05) is 41.8 Å². The molecule has 0 radical (unpaired) electrons. The number of rotatable bonds is 6. The lowest BCUT2D eigenvalue weighted by Gasteiger charge is -2.28. The molecule has 9 heteroatoms. The molecule has 0 spiro atoms. The van der Waals surface area contributed by atoms with Gasteiger partial charge in [0.1, 0.15) is 5.82 Å². The van der Waals surface area contributed by atoms with Crippen LogP contribution in [0.5, 0.6) is 0 Å². The fraction of sp³-hybridized carbons (Fsp3) is 0.385. The van der Waals surface area contributed by atoms with Gasteiger partial charge in [-0.3, -0.25) is 0 Å². The summed E-state index contributed by atoms with van der Waals surface area (Å²) >= 11 is 0. The van der Waals surface area contributed by atoms with Gasteiger partial charge in [-0.25, -0.2) is 4.98 Å². The van der Waals surface area contributed by atoms with Gasteiger partial charge in [0.05, 0.1) is 24.2 Å². The Morgan fingerprint density at radius 3 is 2.40 bits per heavy atom. The number of H-pyrrole nitrogens is 1. The third kappa shape index (κ3) is 5.05. The molecule has 1 saturated carbocycles. The molecule has 0 atom stereocenters. The zero-order valence-corrected chi connectivity index (χ0v) is 19.7. The molecule has 35 heavy (non-hydrogen) atoms. The van der Waals surface area contributed by atoms with Gasteiger partial charge in [0.2, 0.25) is 17.8 Å². The Labute approximate surface area is 204 Å². The highest BCUT2D eigenvalue weighted by Crippen LogP contribution is 2.25. The van der Waals surface area contributed by atoms with Crippen molar-refractivity contribution in [1.82, 2.24) is 24.9 Å². The normalized spacial score (nSPS) is 17.0. The number of nitrogens with one attached hydrogen (secondary N) is 3. The van der Waals surface area contributed by atoms with Crippen molar-refractivity contribution in [3.8, 4) is 11.4 Å². The summed E-state index contributed by atoms with van der Waals surface area (Å²) in [6.45, 7) is 2.92. The molecular formula is C26H30N8O. The summed E-state index contributed by atoms with van der Waals surface area (Å²) < 4.78 is 5.51. The van der Waals surface area contributed by atoms with Gasteiger partial charge < -0.3 is 25.3 Å². The molecule has 3 N–H and O–H groups in total. The lowest BCUT2D eigenvalue weighted by atomic mass is 9.96. The number of ether oxygens (including phenoxy) is 1. The van der Waals surface area contributed by atoms with Gasteiger partial charge >= 0.3 is 0 Å². The first kappa shape index (κ1) is 21.8. The second-order valence-corrected chi connectivity index (χ2v) is 9.17. The van der Waals surface area contributed by atoms with Crippen LogP contribution in [-0.2, 0) is 4.74 Å².